The van der Waals surface area contributed by atoms with Crippen molar-refractivity contribution >= 4 is 34.9 Å². The minimum atomic E-state index is -0.0823. The van der Waals surface area contributed by atoms with E-state index in [1.165, 1.54) is 0 Å². The third kappa shape index (κ3) is 8.05. The molecule has 76 valence electrons. The van der Waals surface area contributed by atoms with E-state index in [-0.39, 0.29) is 23.4 Å². The summed E-state index contributed by atoms with van der Waals surface area (Å²) in [5, 5.41) is 2.83. The molecule has 5 heteroatoms. The van der Waals surface area contributed by atoms with Crippen LogP contribution in [0, 0.1) is 0 Å². The van der Waals surface area contributed by atoms with Gasteiger partial charge in [-0.3, -0.25) is 4.79 Å². The Morgan fingerprint density at radius 1 is 1.69 bits per heavy atom. The molecule has 0 aliphatic rings. The molecule has 3 N–H and O–H groups in total. The summed E-state index contributed by atoms with van der Waals surface area (Å²) >= 11 is 6.39. The van der Waals surface area contributed by atoms with Crippen molar-refractivity contribution in [1.82, 2.24) is 5.32 Å². The van der Waals surface area contributed by atoms with Crippen molar-refractivity contribution in [2.75, 3.05) is 12.0 Å². The summed E-state index contributed by atoms with van der Waals surface area (Å²) in [6, 6.07) is 0.203. The minimum Gasteiger partial charge on any atom is -0.393 e. The number of hydrogen-bond donors (Lipinski definition) is 2. The second-order valence-corrected chi connectivity index (χ2v) is 4.40. The van der Waals surface area contributed by atoms with Crippen molar-refractivity contribution in [3.8, 4) is 0 Å². The predicted octanol–water partition coefficient (Wildman–Crippen LogP) is 0.920. The van der Waals surface area contributed by atoms with Crippen molar-refractivity contribution in [2.45, 2.75) is 25.8 Å². The quantitative estimate of drug-likeness (QED) is 0.654. The first-order chi connectivity index (χ1) is 6.06. The molecule has 13 heavy (non-hydrogen) atoms. The monoisotopic (exact) mass is 220 g/mol. The molecular formula is C8H16N2OS2. The number of rotatable bonds is 6. The number of nitrogens with one attached hydrogen (secondary N) is 1. The number of nitrogens with two attached hydrogens (primary N) is 1. The van der Waals surface area contributed by atoms with Crippen molar-refractivity contribution in [3.63, 3.8) is 0 Å². The fraction of sp³-hybridized carbons (Fsp3) is 0.750. The number of amides is 1. The maximum absolute atomic E-state index is 11.1. The van der Waals surface area contributed by atoms with Crippen LogP contribution >= 0.6 is 24.0 Å². The zero-order valence-corrected chi connectivity index (χ0v) is 9.63. The van der Waals surface area contributed by atoms with Crippen LogP contribution in [0.15, 0.2) is 0 Å². The number of thiocarbonyl (C=S) groups is 1. The first-order valence-electron chi connectivity index (χ1n) is 4.13. The van der Waals surface area contributed by atoms with Crippen LogP contribution < -0.4 is 11.1 Å². The Balaban J connectivity index is 3.59. The highest BCUT2D eigenvalue weighted by Gasteiger charge is 2.07. The standard InChI is InChI=1S/C8H16N2OS2/c1-6(3-4-13-2)10-8(11)5-7(9)12/h6H,3-5H2,1-2H3,(H2,9,12)(H,10,11). The highest BCUT2D eigenvalue weighted by Crippen LogP contribution is 1.99. The predicted molar refractivity (Wildman–Crippen MR) is 62.0 cm³/mol. The molecule has 0 saturated carbocycles. The molecule has 1 amide bonds. The van der Waals surface area contributed by atoms with Gasteiger partial charge >= 0.3 is 0 Å². The van der Waals surface area contributed by atoms with Gasteiger partial charge in [0.05, 0.1) is 11.4 Å². The van der Waals surface area contributed by atoms with Crippen LogP contribution in [-0.2, 0) is 4.79 Å². The lowest BCUT2D eigenvalue weighted by atomic mass is 10.2. The number of hydrogen-bond acceptors (Lipinski definition) is 3. The molecule has 0 aliphatic carbocycles. The van der Waals surface area contributed by atoms with Gasteiger partial charge in [-0.1, -0.05) is 12.2 Å². The summed E-state index contributed by atoms with van der Waals surface area (Å²) < 4.78 is 0. The Bertz CT molecular complexity index is 185. The lowest BCUT2D eigenvalue weighted by Gasteiger charge is -2.12. The second kappa shape index (κ2) is 7.15. The summed E-state index contributed by atoms with van der Waals surface area (Å²) in [6.07, 6.45) is 3.17. The van der Waals surface area contributed by atoms with E-state index in [9.17, 15) is 4.79 Å². The van der Waals surface area contributed by atoms with E-state index in [4.69, 9.17) is 5.73 Å². The summed E-state index contributed by atoms with van der Waals surface area (Å²) in [7, 11) is 0. The maximum Gasteiger partial charge on any atom is 0.227 e. The van der Waals surface area contributed by atoms with E-state index in [0.29, 0.717) is 0 Å². The smallest absolute Gasteiger partial charge is 0.227 e. The lowest BCUT2D eigenvalue weighted by Crippen LogP contribution is -2.35. The SMILES string of the molecule is CSCCC(C)NC(=O)CC(N)=S. The molecule has 0 saturated heterocycles. The van der Waals surface area contributed by atoms with Crippen LogP contribution in [0.5, 0.6) is 0 Å². The van der Waals surface area contributed by atoms with Gasteiger partial charge in [0.1, 0.15) is 0 Å². The van der Waals surface area contributed by atoms with Crippen LogP contribution in [0.4, 0.5) is 0 Å². The van der Waals surface area contributed by atoms with Gasteiger partial charge in [0.2, 0.25) is 5.91 Å². The molecule has 0 heterocycles. The summed E-state index contributed by atoms with van der Waals surface area (Å²) in [5.41, 5.74) is 5.24. The third-order valence-electron chi connectivity index (χ3n) is 1.50. The normalized spacial score (nSPS) is 12.2. The van der Waals surface area contributed by atoms with Crippen molar-refractivity contribution in [3.05, 3.63) is 0 Å². The van der Waals surface area contributed by atoms with Crippen LogP contribution in [0.25, 0.3) is 0 Å². The highest BCUT2D eigenvalue weighted by atomic mass is 32.2. The van der Waals surface area contributed by atoms with E-state index in [0.717, 1.165) is 12.2 Å². The van der Waals surface area contributed by atoms with Crippen LogP contribution in [-0.4, -0.2) is 28.9 Å². The Kier molecular flexibility index (Phi) is 6.99. The topological polar surface area (TPSA) is 55.1 Å². The first kappa shape index (κ1) is 12.7. The van der Waals surface area contributed by atoms with E-state index >= 15 is 0 Å². The van der Waals surface area contributed by atoms with Crippen molar-refractivity contribution in [2.24, 2.45) is 5.73 Å². The molecular weight excluding hydrogens is 204 g/mol. The van der Waals surface area contributed by atoms with Crippen LogP contribution in [0.1, 0.15) is 19.8 Å². The van der Waals surface area contributed by atoms with Gasteiger partial charge < -0.3 is 11.1 Å². The molecule has 0 bridgehead atoms. The Morgan fingerprint density at radius 2 is 2.31 bits per heavy atom. The van der Waals surface area contributed by atoms with Gasteiger partial charge in [0, 0.05) is 6.04 Å². The van der Waals surface area contributed by atoms with Gasteiger partial charge in [-0.15, -0.1) is 0 Å². The number of thioether (sulfide) groups is 1. The van der Waals surface area contributed by atoms with E-state index in [1.54, 1.807) is 11.8 Å². The van der Waals surface area contributed by atoms with Crippen LogP contribution in [0.2, 0.25) is 0 Å². The lowest BCUT2D eigenvalue weighted by molar-refractivity contribution is -0.120. The fourth-order valence-electron chi connectivity index (χ4n) is 0.851. The summed E-state index contributed by atoms with van der Waals surface area (Å²) in [5.74, 6) is 0.968. The molecule has 3 nitrogen and oxygen atoms in total. The average Bonchev–Trinajstić information content (AvgIpc) is 1.98. The Hall–Kier alpha value is -0.290. The molecule has 0 aromatic carbocycles. The zero-order chi connectivity index (χ0) is 10.3. The summed E-state index contributed by atoms with van der Waals surface area (Å²) in [4.78, 5) is 11.4. The third-order valence-corrected chi connectivity index (χ3v) is 2.29. The Labute approximate surface area is 88.8 Å². The molecule has 0 aliphatic heterocycles. The molecule has 0 aromatic rings. The number of carbonyl (C=O) groups is 1. The van der Waals surface area contributed by atoms with E-state index < -0.39 is 0 Å². The molecule has 0 spiro atoms. The number of carbonyl (C=O) groups excluding carboxylic acids is 1. The minimum absolute atomic E-state index is 0.0823. The molecule has 0 aromatic heterocycles. The summed E-state index contributed by atoms with van der Waals surface area (Å²) in [6.45, 7) is 1.98. The van der Waals surface area contributed by atoms with E-state index in [2.05, 4.69) is 17.5 Å². The molecule has 1 atom stereocenters. The van der Waals surface area contributed by atoms with Gasteiger partial charge in [-0.05, 0) is 25.4 Å². The van der Waals surface area contributed by atoms with Gasteiger partial charge in [-0.25, -0.2) is 0 Å². The van der Waals surface area contributed by atoms with Crippen molar-refractivity contribution < 1.29 is 4.79 Å². The molecule has 0 rings (SSSR count). The Morgan fingerprint density at radius 3 is 2.77 bits per heavy atom. The fourth-order valence-corrected chi connectivity index (χ4v) is 1.57. The van der Waals surface area contributed by atoms with Gasteiger partial charge in [0.15, 0.2) is 0 Å². The average molecular weight is 220 g/mol. The van der Waals surface area contributed by atoms with Gasteiger partial charge in [0.25, 0.3) is 0 Å². The van der Waals surface area contributed by atoms with Gasteiger partial charge in [-0.2, -0.15) is 11.8 Å². The molecule has 0 radical (unpaired) electrons. The highest BCUT2D eigenvalue weighted by molar-refractivity contribution is 7.98. The van der Waals surface area contributed by atoms with E-state index in [1.807, 2.05) is 13.2 Å². The zero-order valence-electron chi connectivity index (χ0n) is 8.00. The largest absolute Gasteiger partial charge is 0.393 e. The second-order valence-electron chi connectivity index (χ2n) is 2.89. The molecule has 1 unspecified atom stereocenters. The van der Waals surface area contributed by atoms with Crippen molar-refractivity contribution in [1.29, 1.82) is 0 Å². The molecule has 0 fully saturated rings. The maximum atomic E-state index is 11.1. The first-order valence-corrected chi connectivity index (χ1v) is 5.93. The van der Waals surface area contributed by atoms with Crippen LogP contribution in [0.3, 0.4) is 0 Å².